The van der Waals surface area contributed by atoms with Crippen LogP contribution < -0.4 is 5.56 Å². The number of thioether (sulfide) groups is 1. The summed E-state index contributed by atoms with van der Waals surface area (Å²) >= 11 is 2.96. The van der Waals surface area contributed by atoms with Crippen molar-refractivity contribution in [2.45, 2.75) is 50.1 Å². The predicted molar refractivity (Wildman–Crippen MR) is 104 cm³/mol. The summed E-state index contributed by atoms with van der Waals surface area (Å²) in [7, 11) is 0. The Kier molecular flexibility index (Phi) is 4.63. The lowest BCUT2D eigenvalue weighted by Gasteiger charge is -2.17. The summed E-state index contributed by atoms with van der Waals surface area (Å²) in [4.78, 5) is 20.2. The molecule has 1 aliphatic carbocycles. The molecule has 3 aromatic heterocycles. The molecule has 0 saturated heterocycles. The highest BCUT2D eigenvalue weighted by Crippen LogP contribution is 2.37. The van der Waals surface area contributed by atoms with Gasteiger partial charge in [0.1, 0.15) is 10.6 Å². The lowest BCUT2D eigenvalue weighted by molar-refractivity contribution is 0.476. The molecule has 0 N–H and O–H groups in total. The van der Waals surface area contributed by atoms with Crippen LogP contribution in [-0.2, 0) is 19.4 Å². The van der Waals surface area contributed by atoms with Crippen LogP contribution in [-0.4, -0.2) is 14.8 Å². The van der Waals surface area contributed by atoms with E-state index in [-0.39, 0.29) is 10.8 Å². The standard InChI is InChI=1S/C19H19N3O2S2/c1-11-5-6-14-15(8-11)26-17-16(14)18(23)22(10-13-4-3-7-24-13)19(21-17)25-12(2)9-20/h3-4,7,11-12H,5-6,8,10H2,1-2H3/t11-,12-/m1/s1. The highest BCUT2D eigenvalue weighted by molar-refractivity contribution is 8.00. The van der Waals surface area contributed by atoms with Gasteiger partial charge >= 0.3 is 0 Å². The van der Waals surface area contributed by atoms with E-state index in [1.807, 2.05) is 19.1 Å². The number of aryl methyl sites for hydroxylation is 1. The first-order chi connectivity index (χ1) is 12.6. The van der Waals surface area contributed by atoms with Crippen LogP contribution in [0.2, 0.25) is 0 Å². The van der Waals surface area contributed by atoms with Gasteiger partial charge in [0.15, 0.2) is 5.16 Å². The molecule has 7 heteroatoms. The highest BCUT2D eigenvalue weighted by Gasteiger charge is 2.25. The Hall–Kier alpha value is -2.04. The van der Waals surface area contributed by atoms with Gasteiger partial charge in [-0.05, 0) is 49.8 Å². The smallest absolute Gasteiger partial charge is 0.263 e. The Labute approximate surface area is 159 Å². The number of nitrogens with zero attached hydrogens (tertiary/aromatic N) is 3. The van der Waals surface area contributed by atoms with E-state index in [1.165, 1.54) is 22.2 Å². The number of hydrogen-bond acceptors (Lipinski definition) is 6. The van der Waals surface area contributed by atoms with Gasteiger partial charge in [0.05, 0.1) is 29.5 Å². The summed E-state index contributed by atoms with van der Waals surface area (Å²) in [6.45, 7) is 4.40. The van der Waals surface area contributed by atoms with Crippen molar-refractivity contribution in [1.29, 1.82) is 5.26 Å². The number of hydrogen-bond donors (Lipinski definition) is 0. The second-order valence-corrected chi connectivity index (χ2v) is 9.18. The van der Waals surface area contributed by atoms with Crippen molar-refractivity contribution in [2.24, 2.45) is 5.92 Å². The average molecular weight is 386 g/mol. The molecule has 0 radical (unpaired) electrons. The van der Waals surface area contributed by atoms with Gasteiger partial charge in [0.2, 0.25) is 0 Å². The Morgan fingerprint density at radius 1 is 1.58 bits per heavy atom. The molecule has 2 atom stereocenters. The number of furan rings is 1. The van der Waals surface area contributed by atoms with Gasteiger partial charge in [0.25, 0.3) is 5.56 Å². The van der Waals surface area contributed by atoms with E-state index in [2.05, 4.69) is 13.0 Å². The van der Waals surface area contributed by atoms with Gasteiger partial charge in [-0.3, -0.25) is 9.36 Å². The maximum absolute atomic E-state index is 13.4. The third-order valence-electron chi connectivity index (χ3n) is 4.74. The number of fused-ring (bicyclic) bond motifs is 3. The fraction of sp³-hybridized carbons (Fsp3) is 0.421. The Bertz CT molecular complexity index is 1040. The molecule has 1 aliphatic rings. The number of aromatic nitrogens is 2. The Morgan fingerprint density at radius 3 is 3.15 bits per heavy atom. The fourth-order valence-corrected chi connectivity index (χ4v) is 5.60. The topological polar surface area (TPSA) is 71.8 Å². The second-order valence-electron chi connectivity index (χ2n) is 6.79. The monoisotopic (exact) mass is 385 g/mol. The van der Waals surface area contributed by atoms with Crippen molar-refractivity contribution in [3.8, 4) is 6.07 Å². The van der Waals surface area contributed by atoms with Crippen molar-refractivity contribution in [3.05, 3.63) is 45.0 Å². The van der Waals surface area contributed by atoms with E-state index in [1.54, 1.807) is 22.2 Å². The number of thiophene rings is 1. The summed E-state index contributed by atoms with van der Waals surface area (Å²) in [5.41, 5.74) is 1.16. The van der Waals surface area contributed by atoms with Crippen LogP contribution in [0.1, 0.15) is 36.5 Å². The molecule has 0 spiro atoms. The normalized spacial score (nSPS) is 17.8. The predicted octanol–water partition coefficient (Wildman–Crippen LogP) is 4.23. The minimum Gasteiger partial charge on any atom is -0.467 e. The van der Waals surface area contributed by atoms with Gasteiger partial charge < -0.3 is 4.42 Å². The maximum atomic E-state index is 13.4. The van der Waals surface area contributed by atoms with E-state index in [9.17, 15) is 10.1 Å². The zero-order valence-electron chi connectivity index (χ0n) is 14.7. The Balaban J connectivity index is 1.90. The molecule has 3 heterocycles. The molecular formula is C19H19N3O2S2. The van der Waals surface area contributed by atoms with E-state index in [0.717, 1.165) is 29.5 Å². The van der Waals surface area contributed by atoms with Crippen molar-refractivity contribution in [2.75, 3.05) is 0 Å². The average Bonchev–Trinajstić information content (AvgIpc) is 3.24. The van der Waals surface area contributed by atoms with Gasteiger partial charge in [-0.25, -0.2) is 4.98 Å². The molecule has 5 nitrogen and oxygen atoms in total. The fourth-order valence-electron chi connectivity index (χ4n) is 3.38. The van der Waals surface area contributed by atoms with Crippen LogP contribution >= 0.6 is 23.1 Å². The number of rotatable bonds is 4. The maximum Gasteiger partial charge on any atom is 0.263 e. The van der Waals surface area contributed by atoms with Crippen LogP contribution in [0.25, 0.3) is 10.2 Å². The van der Waals surface area contributed by atoms with Crippen LogP contribution in [0.5, 0.6) is 0 Å². The largest absolute Gasteiger partial charge is 0.467 e. The summed E-state index contributed by atoms with van der Waals surface area (Å²) in [5.74, 6) is 1.35. The highest BCUT2D eigenvalue weighted by atomic mass is 32.2. The van der Waals surface area contributed by atoms with Crippen molar-refractivity contribution in [3.63, 3.8) is 0 Å². The molecule has 26 heavy (non-hydrogen) atoms. The third kappa shape index (κ3) is 3.08. The van der Waals surface area contributed by atoms with Crippen LogP contribution in [0.15, 0.2) is 32.8 Å². The van der Waals surface area contributed by atoms with E-state index in [0.29, 0.717) is 23.4 Å². The van der Waals surface area contributed by atoms with Crippen molar-refractivity contribution in [1.82, 2.24) is 9.55 Å². The zero-order chi connectivity index (χ0) is 18.3. The Morgan fingerprint density at radius 2 is 2.42 bits per heavy atom. The van der Waals surface area contributed by atoms with Crippen LogP contribution in [0.3, 0.4) is 0 Å². The number of nitriles is 1. The first-order valence-corrected chi connectivity index (χ1v) is 10.4. The minimum atomic E-state index is -0.281. The van der Waals surface area contributed by atoms with Gasteiger partial charge in [-0.1, -0.05) is 18.7 Å². The lowest BCUT2D eigenvalue weighted by atomic mass is 9.89. The molecule has 0 amide bonds. The molecule has 0 aromatic carbocycles. The van der Waals surface area contributed by atoms with Crippen molar-refractivity contribution < 1.29 is 4.42 Å². The molecular weight excluding hydrogens is 366 g/mol. The summed E-state index contributed by atoms with van der Waals surface area (Å²) < 4.78 is 7.10. The third-order valence-corrected chi connectivity index (χ3v) is 6.87. The SMILES string of the molecule is C[C@@H]1CCc2c(sc3nc(S[C@H](C)C#N)n(Cc4ccco4)c(=O)c23)C1. The first kappa shape index (κ1) is 17.4. The zero-order valence-corrected chi connectivity index (χ0v) is 16.3. The quantitative estimate of drug-likeness (QED) is 0.496. The van der Waals surface area contributed by atoms with Gasteiger partial charge in [-0.2, -0.15) is 5.26 Å². The van der Waals surface area contributed by atoms with Crippen LogP contribution in [0.4, 0.5) is 0 Å². The van der Waals surface area contributed by atoms with E-state index in [4.69, 9.17) is 9.40 Å². The van der Waals surface area contributed by atoms with Crippen molar-refractivity contribution >= 4 is 33.3 Å². The first-order valence-electron chi connectivity index (χ1n) is 8.70. The molecule has 0 unspecified atom stereocenters. The molecule has 0 fully saturated rings. The van der Waals surface area contributed by atoms with Crippen LogP contribution in [0, 0.1) is 17.2 Å². The molecule has 0 saturated carbocycles. The summed E-state index contributed by atoms with van der Waals surface area (Å²) in [5, 5.41) is 10.2. The van der Waals surface area contributed by atoms with Gasteiger partial charge in [0, 0.05) is 4.88 Å². The molecule has 3 aromatic rings. The molecule has 4 rings (SSSR count). The second kappa shape index (κ2) is 6.93. The van der Waals surface area contributed by atoms with Gasteiger partial charge in [-0.15, -0.1) is 11.3 Å². The molecule has 0 aliphatic heterocycles. The molecule has 0 bridgehead atoms. The van der Waals surface area contributed by atoms with E-state index < -0.39 is 0 Å². The lowest BCUT2D eigenvalue weighted by Crippen LogP contribution is -2.25. The summed E-state index contributed by atoms with van der Waals surface area (Å²) in [6.07, 6.45) is 4.67. The van der Waals surface area contributed by atoms with E-state index >= 15 is 0 Å². The summed E-state index contributed by atoms with van der Waals surface area (Å²) in [6, 6.07) is 5.87. The molecule has 134 valence electrons. The minimum absolute atomic E-state index is 0.0221.